The number of para-hydroxylation sites is 2. The van der Waals surface area contributed by atoms with Gasteiger partial charge in [-0.2, -0.15) is 0 Å². The van der Waals surface area contributed by atoms with Crippen molar-refractivity contribution >= 4 is 10.9 Å². The van der Waals surface area contributed by atoms with E-state index in [4.69, 9.17) is 14.7 Å². The van der Waals surface area contributed by atoms with E-state index in [0.29, 0.717) is 17.0 Å². The molecule has 2 heterocycles. The number of phenolic OH excluding ortho intramolecular Hbond substituents is 1. The minimum atomic E-state index is -0.781. The maximum Gasteiger partial charge on any atom is 0.167 e. The van der Waals surface area contributed by atoms with E-state index >= 15 is 0 Å². The van der Waals surface area contributed by atoms with Gasteiger partial charge in [-0.25, -0.2) is 4.98 Å². The van der Waals surface area contributed by atoms with Crippen molar-refractivity contribution in [3.8, 4) is 45.1 Å². The number of ether oxygens (including phenoxy) is 1. The number of benzene rings is 5. The predicted molar refractivity (Wildman–Crippen MR) is 173 cm³/mol. The van der Waals surface area contributed by atoms with Crippen LogP contribution < -0.4 is 4.74 Å². The Hall–Kier alpha value is -5.12. The molecule has 0 unspecified atom stereocenters. The van der Waals surface area contributed by atoms with Gasteiger partial charge in [0, 0.05) is 26.6 Å². The van der Waals surface area contributed by atoms with Crippen LogP contribution in [0.15, 0.2) is 134 Å². The summed E-state index contributed by atoms with van der Waals surface area (Å²) in [5.74, 6) is 0.462. The van der Waals surface area contributed by atoms with E-state index < -0.39 is 5.41 Å². The van der Waals surface area contributed by atoms with Crippen molar-refractivity contribution in [2.75, 3.05) is 7.11 Å². The second-order valence-corrected chi connectivity index (χ2v) is 10.8. The number of fused-ring (bicyclic) bond motifs is 4. The summed E-state index contributed by atoms with van der Waals surface area (Å²) in [7, 11) is 1.55. The van der Waals surface area contributed by atoms with E-state index in [1.54, 1.807) is 19.5 Å². The molecule has 6 heteroatoms. The Labute approximate surface area is 275 Å². The van der Waals surface area contributed by atoms with Crippen molar-refractivity contribution in [1.82, 2.24) is 15.0 Å². The molecule has 0 aliphatic heterocycles. The van der Waals surface area contributed by atoms with E-state index in [2.05, 4.69) is 83.8 Å². The Bertz CT molecular complexity index is 2160. The molecule has 0 spiro atoms. The maximum absolute atomic E-state index is 11.1. The normalized spacial score (nSPS) is 12.6. The molecule has 5 aromatic carbocycles. The van der Waals surface area contributed by atoms with Gasteiger partial charge in [0.05, 0.1) is 29.4 Å². The van der Waals surface area contributed by atoms with Crippen LogP contribution >= 0.6 is 0 Å². The second kappa shape index (κ2) is 11.4. The van der Waals surface area contributed by atoms with Crippen LogP contribution in [0.5, 0.6) is 11.5 Å². The Morgan fingerprint density at radius 2 is 1.33 bits per heavy atom. The molecule has 0 fully saturated rings. The zero-order valence-electron chi connectivity index (χ0n) is 24.2. The number of aromatic hydroxyl groups is 1. The van der Waals surface area contributed by atoms with Crippen LogP contribution in [-0.4, -0.2) is 27.2 Å². The molecule has 1 aliphatic rings. The fraction of sp³-hybridized carbons (Fsp3) is 0.0513. The van der Waals surface area contributed by atoms with Crippen LogP contribution in [0.25, 0.3) is 44.5 Å². The molecular weight excluding hydrogens is 738 g/mol. The average molecular weight is 764 g/mol. The molecule has 0 amide bonds. The molecule has 0 saturated carbocycles. The number of rotatable bonds is 5. The monoisotopic (exact) mass is 763 g/mol. The smallest absolute Gasteiger partial charge is 0.167 e. The van der Waals surface area contributed by atoms with E-state index in [1.165, 1.54) is 0 Å². The molecule has 1 aliphatic carbocycles. The Morgan fingerprint density at radius 3 is 2.11 bits per heavy atom. The molecule has 0 bridgehead atoms. The van der Waals surface area contributed by atoms with Crippen molar-refractivity contribution in [2.45, 2.75) is 5.41 Å². The number of nitrogens with zero attached hydrogens (tertiary/aromatic N) is 3. The zero-order valence-corrected chi connectivity index (χ0v) is 26.5. The van der Waals surface area contributed by atoms with Crippen LogP contribution in [0, 0.1) is 6.07 Å². The van der Waals surface area contributed by atoms with Gasteiger partial charge < -0.3 is 9.84 Å². The first-order chi connectivity index (χ1) is 21.7. The molecular formula is C39H26N3O2Pt-. The van der Waals surface area contributed by atoms with Gasteiger partial charge in [-0.3, -0.25) is 9.97 Å². The third-order valence-electron chi connectivity index (χ3n) is 8.58. The summed E-state index contributed by atoms with van der Waals surface area (Å²) in [4.78, 5) is 14.5. The Morgan fingerprint density at radius 1 is 0.667 bits per heavy atom. The van der Waals surface area contributed by atoms with Crippen molar-refractivity contribution < 1.29 is 30.9 Å². The summed E-state index contributed by atoms with van der Waals surface area (Å²) in [6.45, 7) is 0. The minimum Gasteiger partial charge on any atom is -0.504 e. The van der Waals surface area contributed by atoms with Gasteiger partial charge in [-0.1, -0.05) is 78.9 Å². The van der Waals surface area contributed by atoms with E-state index in [1.807, 2.05) is 48.5 Å². The summed E-state index contributed by atoms with van der Waals surface area (Å²) in [5, 5.41) is 12.0. The third kappa shape index (κ3) is 4.38. The van der Waals surface area contributed by atoms with Gasteiger partial charge in [0.1, 0.15) is 6.33 Å². The summed E-state index contributed by atoms with van der Waals surface area (Å²) in [6.07, 6.45) is 1.61. The maximum atomic E-state index is 11.1. The van der Waals surface area contributed by atoms with E-state index in [9.17, 15) is 5.11 Å². The number of aromatic nitrogens is 3. The largest absolute Gasteiger partial charge is 0.504 e. The minimum absolute atomic E-state index is 0. The van der Waals surface area contributed by atoms with Gasteiger partial charge in [0.25, 0.3) is 0 Å². The first-order valence-electron chi connectivity index (χ1n) is 14.5. The summed E-state index contributed by atoms with van der Waals surface area (Å²) in [6, 6.07) is 46.6. The molecule has 0 atom stereocenters. The SMILES string of the molecule is COc1cccc(-c2cccc(C3(c4[c-]c(-c5ncnc6ccccc56)ccc4)c4ccccc4-c4ccccc43)n2)c1O.[Pt]. The fourth-order valence-electron chi connectivity index (χ4n) is 6.67. The van der Waals surface area contributed by atoms with Crippen LogP contribution in [0.1, 0.15) is 22.4 Å². The number of methoxy groups -OCH3 is 1. The first kappa shape index (κ1) is 28.6. The van der Waals surface area contributed by atoms with Crippen molar-refractivity contribution in [3.05, 3.63) is 162 Å². The Kier molecular flexibility index (Phi) is 7.27. The van der Waals surface area contributed by atoms with Crippen LogP contribution in [-0.2, 0) is 26.5 Å². The molecule has 0 saturated heterocycles. The van der Waals surface area contributed by atoms with E-state index in [-0.39, 0.29) is 26.8 Å². The van der Waals surface area contributed by atoms with E-state index in [0.717, 1.165) is 55.7 Å². The first-order valence-corrected chi connectivity index (χ1v) is 14.5. The van der Waals surface area contributed by atoms with Gasteiger partial charge in [0.2, 0.25) is 0 Å². The van der Waals surface area contributed by atoms with Gasteiger partial charge >= 0.3 is 0 Å². The number of hydrogen-bond donors (Lipinski definition) is 1. The van der Waals surface area contributed by atoms with Crippen LogP contribution in [0.3, 0.4) is 0 Å². The van der Waals surface area contributed by atoms with Gasteiger partial charge in [0.15, 0.2) is 11.5 Å². The number of pyridine rings is 1. The Balaban J connectivity index is 0.00000325. The number of hydrogen-bond acceptors (Lipinski definition) is 5. The second-order valence-electron chi connectivity index (χ2n) is 10.8. The quantitative estimate of drug-likeness (QED) is 0.179. The topological polar surface area (TPSA) is 68.1 Å². The van der Waals surface area contributed by atoms with Gasteiger partial charge in [-0.15, -0.1) is 35.4 Å². The summed E-state index contributed by atoms with van der Waals surface area (Å²) in [5.41, 5.74) is 9.42. The van der Waals surface area contributed by atoms with Crippen molar-refractivity contribution in [1.29, 1.82) is 0 Å². The fourth-order valence-corrected chi connectivity index (χ4v) is 6.67. The van der Waals surface area contributed by atoms with Crippen molar-refractivity contribution in [2.24, 2.45) is 0 Å². The molecule has 45 heavy (non-hydrogen) atoms. The molecule has 2 aromatic heterocycles. The number of phenols is 1. The predicted octanol–water partition coefficient (Wildman–Crippen LogP) is 8.23. The third-order valence-corrected chi connectivity index (χ3v) is 8.58. The van der Waals surface area contributed by atoms with Crippen LogP contribution in [0.4, 0.5) is 0 Å². The summed E-state index contributed by atoms with van der Waals surface area (Å²) >= 11 is 0. The average Bonchev–Trinajstić information content (AvgIpc) is 3.39. The summed E-state index contributed by atoms with van der Waals surface area (Å²) < 4.78 is 5.41. The standard InChI is InChI=1S/C39H26N3O2.Pt/c1-44-35-21-9-16-30(38(35)43)34-20-10-22-36(42-34)39(31-17-5-2-13-27(31)28-14-3-6-18-32(28)39)26-12-8-11-25(23-26)37-29-15-4-7-19-33(29)40-24-41-37;/h2-22,24,43H,1H3;/q-1;. The molecule has 7 aromatic rings. The molecule has 8 rings (SSSR count). The molecule has 1 N–H and O–H groups in total. The molecule has 0 radical (unpaired) electrons. The zero-order chi connectivity index (χ0) is 29.7. The van der Waals surface area contributed by atoms with Crippen molar-refractivity contribution in [3.63, 3.8) is 0 Å². The van der Waals surface area contributed by atoms with Crippen LogP contribution in [0.2, 0.25) is 0 Å². The van der Waals surface area contributed by atoms with Gasteiger partial charge in [-0.05, 0) is 63.7 Å². The molecule has 5 nitrogen and oxygen atoms in total. The molecule has 220 valence electrons.